The standard InChI is InChI=1S/C17H11BrFNO3/c18-14-5-6-16(12(8-14)7-13(9-20)17(21)22)23-10-11-3-1-2-4-15(11)19/h1-8H,10H2,(H,21,22). The number of aliphatic carboxylic acids is 1. The van der Waals surface area contributed by atoms with Gasteiger partial charge in [0.25, 0.3) is 0 Å². The molecule has 0 spiro atoms. The zero-order valence-electron chi connectivity index (χ0n) is 11.8. The predicted octanol–water partition coefficient (Wildman–Crippen LogP) is 4.16. The van der Waals surface area contributed by atoms with E-state index in [2.05, 4.69) is 15.9 Å². The molecule has 0 heterocycles. The Hall–Kier alpha value is -2.65. The molecule has 4 nitrogen and oxygen atoms in total. The van der Waals surface area contributed by atoms with Gasteiger partial charge in [-0.05, 0) is 30.3 Å². The molecular formula is C17H11BrFNO3. The Balaban J connectivity index is 2.31. The number of carboxylic acids is 1. The predicted molar refractivity (Wildman–Crippen MR) is 86.1 cm³/mol. The first kappa shape index (κ1) is 16.7. The summed E-state index contributed by atoms with van der Waals surface area (Å²) in [6.45, 7) is -0.00982. The lowest BCUT2D eigenvalue weighted by Gasteiger charge is -2.10. The minimum Gasteiger partial charge on any atom is -0.488 e. The summed E-state index contributed by atoms with van der Waals surface area (Å²) < 4.78 is 19.9. The molecule has 0 radical (unpaired) electrons. The lowest BCUT2D eigenvalue weighted by Crippen LogP contribution is -2.01. The third kappa shape index (κ3) is 4.41. The molecular weight excluding hydrogens is 365 g/mol. The fourth-order valence-electron chi connectivity index (χ4n) is 1.83. The Morgan fingerprint density at radius 1 is 1.35 bits per heavy atom. The van der Waals surface area contributed by atoms with E-state index in [0.717, 1.165) is 0 Å². The third-order valence-electron chi connectivity index (χ3n) is 2.96. The molecule has 0 bridgehead atoms. The van der Waals surface area contributed by atoms with Crippen LogP contribution < -0.4 is 4.74 Å². The molecule has 2 aromatic carbocycles. The molecule has 0 aromatic heterocycles. The Bertz CT molecular complexity index is 812. The number of ether oxygens (including phenoxy) is 1. The zero-order chi connectivity index (χ0) is 16.8. The summed E-state index contributed by atoms with van der Waals surface area (Å²) in [5.74, 6) is -1.36. The zero-order valence-corrected chi connectivity index (χ0v) is 13.4. The van der Waals surface area contributed by atoms with Crippen molar-refractivity contribution in [2.75, 3.05) is 0 Å². The number of carbonyl (C=O) groups is 1. The smallest absolute Gasteiger partial charge is 0.346 e. The highest BCUT2D eigenvalue weighted by Crippen LogP contribution is 2.26. The molecule has 0 amide bonds. The fraction of sp³-hybridized carbons (Fsp3) is 0.0588. The normalized spacial score (nSPS) is 10.9. The summed E-state index contributed by atoms with van der Waals surface area (Å²) >= 11 is 3.28. The fourth-order valence-corrected chi connectivity index (χ4v) is 2.21. The van der Waals surface area contributed by atoms with Gasteiger partial charge >= 0.3 is 5.97 Å². The maximum atomic E-state index is 13.6. The van der Waals surface area contributed by atoms with Crippen LogP contribution in [0.2, 0.25) is 0 Å². The second-order valence-corrected chi connectivity index (χ2v) is 5.45. The Morgan fingerprint density at radius 3 is 2.74 bits per heavy atom. The number of benzene rings is 2. The highest BCUT2D eigenvalue weighted by Gasteiger charge is 2.10. The van der Waals surface area contributed by atoms with E-state index in [4.69, 9.17) is 15.1 Å². The molecule has 0 atom stereocenters. The lowest BCUT2D eigenvalue weighted by molar-refractivity contribution is -0.132. The number of carboxylic acid groups (broad SMARTS) is 1. The molecule has 0 fully saturated rings. The molecule has 2 rings (SSSR count). The molecule has 0 saturated heterocycles. The first-order chi connectivity index (χ1) is 11.0. The molecule has 116 valence electrons. The molecule has 2 aromatic rings. The first-order valence-corrected chi connectivity index (χ1v) is 7.31. The maximum absolute atomic E-state index is 13.6. The van der Waals surface area contributed by atoms with Gasteiger partial charge in [-0.15, -0.1) is 0 Å². The van der Waals surface area contributed by atoms with Crippen molar-refractivity contribution in [2.45, 2.75) is 6.61 Å². The molecule has 1 N–H and O–H groups in total. The van der Waals surface area contributed by atoms with Crippen molar-refractivity contribution in [3.63, 3.8) is 0 Å². The number of halogens is 2. The number of nitrogens with zero attached hydrogens (tertiary/aromatic N) is 1. The summed E-state index contributed by atoms with van der Waals surface area (Å²) in [5.41, 5.74) is 0.373. The van der Waals surface area contributed by atoms with Crippen molar-refractivity contribution in [3.05, 3.63) is 69.5 Å². The number of hydrogen-bond acceptors (Lipinski definition) is 3. The number of rotatable bonds is 5. The van der Waals surface area contributed by atoms with Crippen LogP contribution in [0.15, 0.2) is 52.5 Å². The van der Waals surface area contributed by atoms with Gasteiger partial charge in [0.15, 0.2) is 0 Å². The Kier molecular flexibility index (Phi) is 5.50. The molecule has 6 heteroatoms. The molecule has 0 saturated carbocycles. The Morgan fingerprint density at radius 2 is 2.09 bits per heavy atom. The summed E-state index contributed by atoms with van der Waals surface area (Å²) in [7, 11) is 0. The number of hydrogen-bond donors (Lipinski definition) is 1. The minimum atomic E-state index is -1.33. The van der Waals surface area contributed by atoms with Crippen molar-refractivity contribution in [1.29, 1.82) is 5.26 Å². The van der Waals surface area contributed by atoms with E-state index in [1.807, 2.05) is 0 Å². The van der Waals surface area contributed by atoms with Gasteiger partial charge in [-0.3, -0.25) is 0 Å². The van der Waals surface area contributed by atoms with Crippen molar-refractivity contribution in [2.24, 2.45) is 0 Å². The van der Waals surface area contributed by atoms with E-state index >= 15 is 0 Å². The third-order valence-corrected chi connectivity index (χ3v) is 3.46. The van der Waals surface area contributed by atoms with Gasteiger partial charge in [0.05, 0.1) is 0 Å². The monoisotopic (exact) mass is 375 g/mol. The largest absolute Gasteiger partial charge is 0.488 e. The van der Waals surface area contributed by atoms with Crippen LogP contribution in [-0.4, -0.2) is 11.1 Å². The molecule has 0 aliphatic carbocycles. The van der Waals surface area contributed by atoms with Gasteiger partial charge in [-0.1, -0.05) is 34.1 Å². The van der Waals surface area contributed by atoms with Gasteiger partial charge in [0, 0.05) is 15.6 Å². The van der Waals surface area contributed by atoms with E-state index in [9.17, 15) is 9.18 Å². The summed E-state index contributed by atoms with van der Waals surface area (Å²) in [6, 6.07) is 12.8. The highest BCUT2D eigenvalue weighted by atomic mass is 79.9. The van der Waals surface area contributed by atoms with E-state index in [0.29, 0.717) is 21.3 Å². The minimum absolute atomic E-state index is 0.00982. The highest BCUT2D eigenvalue weighted by molar-refractivity contribution is 9.10. The van der Waals surface area contributed by atoms with Crippen LogP contribution in [0.5, 0.6) is 5.75 Å². The average Bonchev–Trinajstić information content (AvgIpc) is 2.52. The van der Waals surface area contributed by atoms with Crippen LogP contribution in [-0.2, 0) is 11.4 Å². The lowest BCUT2D eigenvalue weighted by atomic mass is 10.1. The Labute approximate surface area is 140 Å². The van der Waals surface area contributed by atoms with Crippen LogP contribution in [0.1, 0.15) is 11.1 Å². The SMILES string of the molecule is N#CC(=Cc1cc(Br)ccc1OCc1ccccc1F)C(=O)O. The molecule has 0 aliphatic rings. The van der Waals surface area contributed by atoms with Gasteiger partial charge in [0.2, 0.25) is 0 Å². The summed E-state index contributed by atoms with van der Waals surface area (Å²) in [4.78, 5) is 11.0. The van der Waals surface area contributed by atoms with E-state index in [-0.39, 0.29) is 12.4 Å². The first-order valence-electron chi connectivity index (χ1n) is 6.52. The van der Waals surface area contributed by atoms with Crippen LogP contribution in [0, 0.1) is 17.1 Å². The molecule has 0 unspecified atom stereocenters. The average molecular weight is 376 g/mol. The van der Waals surface area contributed by atoms with E-state index in [1.54, 1.807) is 42.5 Å². The van der Waals surface area contributed by atoms with Crippen LogP contribution >= 0.6 is 15.9 Å². The van der Waals surface area contributed by atoms with Crippen molar-refractivity contribution >= 4 is 28.0 Å². The second-order valence-electron chi connectivity index (χ2n) is 4.54. The van der Waals surface area contributed by atoms with Crippen molar-refractivity contribution in [3.8, 4) is 11.8 Å². The van der Waals surface area contributed by atoms with Crippen LogP contribution in [0.25, 0.3) is 6.08 Å². The van der Waals surface area contributed by atoms with Crippen molar-refractivity contribution in [1.82, 2.24) is 0 Å². The summed E-state index contributed by atoms with van der Waals surface area (Å²) in [6.07, 6.45) is 1.21. The van der Waals surface area contributed by atoms with Gasteiger partial charge in [-0.2, -0.15) is 5.26 Å². The quantitative estimate of drug-likeness (QED) is 0.629. The number of nitriles is 1. The molecule has 23 heavy (non-hydrogen) atoms. The topological polar surface area (TPSA) is 70.3 Å². The van der Waals surface area contributed by atoms with Gasteiger partial charge in [-0.25, -0.2) is 9.18 Å². The summed E-state index contributed by atoms with van der Waals surface area (Å²) in [5, 5.41) is 17.8. The van der Waals surface area contributed by atoms with Crippen LogP contribution in [0.3, 0.4) is 0 Å². The van der Waals surface area contributed by atoms with Gasteiger partial charge in [0.1, 0.15) is 29.8 Å². The van der Waals surface area contributed by atoms with Crippen molar-refractivity contribution < 1.29 is 19.0 Å². The van der Waals surface area contributed by atoms with Gasteiger partial charge < -0.3 is 9.84 Å². The molecule has 0 aliphatic heterocycles. The van der Waals surface area contributed by atoms with E-state index in [1.165, 1.54) is 12.1 Å². The maximum Gasteiger partial charge on any atom is 0.346 e. The van der Waals surface area contributed by atoms with Crippen LogP contribution in [0.4, 0.5) is 4.39 Å². The second kappa shape index (κ2) is 7.56. The van der Waals surface area contributed by atoms with E-state index < -0.39 is 11.5 Å².